The first-order valence-corrected chi connectivity index (χ1v) is 9.09. The zero-order valence-corrected chi connectivity index (χ0v) is 16.0. The first-order valence-electron chi connectivity index (χ1n) is 9.09. The summed E-state index contributed by atoms with van der Waals surface area (Å²) in [7, 11) is 0. The van der Waals surface area contributed by atoms with E-state index in [2.05, 4.69) is 10.5 Å². The van der Waals surface area contributed by atoms with Gasteiger partial charge in [0.2, 0.25) is 0 Å². The molecule has 3 aromatic rings. The van der Waals surface area contributed by atoms with Crippen LogP contribution in [0.2, 0.25) is 0 Å². The van der Waals surface area contributed by atoms with E-state index in [1.807, 2.05) is 30.3 Å². The average molecular weight is 392 g/mol. The van der Waals surface area contributed by atoms with Crippen molar-refractivity contribution in [3.63, 3.8) is 0 Å². The fourth-order valence-corrected chi connectivity index (χ4v) is 2.48. The fraction of sp³-hybridized carbons (Fsp3) is 0.130. The van der Waals surface area contributed by atoms with Crippen molar-refractivity contribution in [2.24, 2.45) is 5.10 Å². The van der Waals surface area contributed by atoms with Crippen molar-refractivity contribution < 1.29 is 18.7 Å². The molecule has 0 bridgehead atoms. The van der Waals surface area contributed by atoms with Gasteiger partial charge in [-0.15, -0.1) is 0 Å². The highest BCUT2D eigenvalue weighted by atomic mass is 19.1. The van der Waals surface area contributed by atoms with Crippen LogP contribution in [-0.2, 0) is 11.4 Å². The largest absolute Gasteiger partial charge is 0.489 e. The maximum atomic E-state index is 13.2. The summed E-state index contributed by atoms with van der Waals surface area (Å²) in [6, 6.07) is 22.9. The minimum atomic E-state index is -0.412. The first kappa shape index (κ1) is 20.1. The molecule has 148 valence electrons. The number of nitrogens with zero attached hydrogens (tertiary/aromatic N) is 1. The van der Waals surface area contributed by atoms with Crippen LogP contribution in [-0.4, -0.2) is 18.2 Å². The maximum absolute atomic E-state index is 13.2. The summed E-state index contributed by atoms with van der Waals surface area (Å²) in [6.07, 6.45) is 0. The van der Waals surface area contributed by atoms with Crippen molar-refractivity contribution in [2.75, 3.05) is 6.61 Å². The van der Waals surface area contributed by atoms with E-state index in [1.165, 1.54) is 12.1 Å². The SMILES string of the molecule is C/C(=N\NC(=O)COc1ccc(OCc2ccccc2)cc1)c1cccc(F)c1. The first-order chi connectivity index (χ1) is 14.1. The molecule has 0 spiro atoms. The molecule has 0 atom stereocenters. The second kappa shape index (κ2) is 10.0. The van der Waals surface area contributed by atoms with Crippen LogP contribution in [0, 0.1) is 5.82 Å². The van der Waals surface area contributed by atoms with Gasteiger partial charge in [-0.05, 0) is 48.9 Å². The Balaban J connectivity index is 1.44. The molecule has 0 aromatic heterocycles. The molecular weight excluding hydrogens is 371 g/mol. The molecule has 0 heterocycles. The Morgan fingerprint density at radius 3 is 2.31 bits per heavy atom. The van der Waals surface area contributed by atoms with Crippen LogP contribution >= 0.6 is 0 Å². The van der Waals surface area contributed by atoms with Gasteiger partial charge in [-0.3, -0.25) is 4.79 Å². The average Bonchev–Trinajstić information content (AvgIpc) is 2.76. The number of rotatable bonds is 8. The predicted octanol–water partition coefficient (Wildman–Crippen LogP) is 4.32. The molecule has 3 aromatic carbocycles. The number of benzene rings is 3. The molecule has 0 aliphatic heterocycles. The number of hydrogen-bond donors (Lipinski definition) is 1. The summed E-state index contributed by atoms with van der Waals surface area (Å²) in [5, 5.41) is 3.97. The number of halogens is 1. The van der Waals surface area contributed by atoms with E-state index in [1.54, 1.807) is 43.3 Å². The Kier molecular flexibility index (Phi) is 6.95. The van der Waals surface area contributed by atoms with Gasteiger partial charge in [-0.2, -0.15) is 5.10 Å². The van der Waals surface area contributed by atoms with E-state index in [-0.39, 0.29) is 12.4 Å². The minimum absolute atomic E-state index is 0.190. The molecule has 6 heteroatoms. The number of amides is 1. The number of carbonyl (C=O) groups is 1. The van der Waals surface area contributed by atoms with E-state index in [0.29, 0.717) is 29.4 Å². The van der Waals surface area contributed by atoms with Gasteiger partial charge in [0.25, 0.3) is 5.91 Å². The number of nitrogens with one attached hydrogen (secondary N) is 1. The monoisotopic (exact) mass is 392 g/mol. The zero-order valence-electron chi connectivity index (χ0n) is 16.0. The van der Waals surface area contributed by atoms with E-state index in [4.69, 9.17) is 9.47 Å². The second-order valence-corrected chi connectivity index (χ2v) is 6.28. The lowest BCUT2D eigenvalue weighted by molar-refractivity contribution is -0.123. The quantitative estimate of drug-likeness (QED) is 0.459. The topological polar surface area (TPSA) is 59.9 Å². The maximum Gasteiger partial charge on any atom is 0.277 e. The highest BCUT2D eigenvalue weighted by Gasteiger charge is 2.04. The summed E-state index contributed by atoms with van der Waals surface area (Å²) < 4.78 is 24.4. The zero-order chi connectivity index (χ0) is 20.5. The highest BCUT2D eigenvalue weighted by Crippen LogP contribution is 2.18. The minimum Gasteiger partial charge on any atom is -0.489 e. The van der Waals surface area contributed by atoms with Gasteiger partial charge >= 0.3 is 0 Å². The van der Waals surface area contributed by atoms with Crippen LogP contribution in [0.25, 0.3) is 0 Å². The summed E-state index contributed by atoms with van der Waals surface area (Å²) in [6.45, 7) is 1.97. The second-order valence-electron chi connectivity index (χ2n) is 6.28. The van der Waals surface area contributed by atoms with E-state index < -0.39 is 5.91 Å². The van der Waals surface area contributed by atoms with Crippen molar-refractivity contribution in [2.45, 2.75) is 13.5 Å². The van der Waals surface area contributed by atoms with E-state index in [0.717, 1.165) is 5.56 Å². The molecular formula is C23H21FN2O3. The van der Waals surface area contributed by atoms with Crippen LogP contribution in [0.15, 0.2) is 84.0 Å². The van der Waals surface area contributed by atoms with Crippen molar-refractivity contribution in [3.05, 3.63) is 95.8 Å². The number of ether oxygens (including phenoxy) is 2. The molecule has 0 radical (unpaired) electrons. The molecule has 1 N–H and O–H groups in total. The predicted molar refractivity (Wildman–Crippen MR) is 109 cm³/mol. The lowest BCUT2D eigenvalue weighted by atomic mass is 10.1. The third-order valence-corrected chi connectivity index (χ3v) is 4.03. The summed E-state index contributed by atoms with van der Waals surface area (Å²) in [4.78, 5) is 11.9. The van der Waals surface area contributed by atoms with Gasteiger partial charge in [-0.25, -0.2) is 9.82 Å². The number of hydrazone groups is 1. The van der Waals surface area contributed by atoms with Crippen LogP contribution in [0.3, 0.4) is 0 Å². The molecule has 29 heavy (non-hydrogen) atoms. The van der Waals surface area contributed by atoms with Crippen LogP contribution in [0.4, 0.5) is 4.39 Å². The Morgan fingerprint density at radius 2 is 1.62 bits per heavy atom. The smallest absolute Gasteiger partial charge is 0.277 e. The van der Waals surface area contributed by atoms with Crippen molar-refractivity contribution >= 4 is 11.6 Å². The highest BCUT2D eigenvalue weighted by molar-refractivity contribution is 5.99. The third kappa shape index (κ3) is 6.46. The van der Waals surface area contributed by atoms with Gasteiger partial charge in [0.15, 0.2) is 6.61 Å². The summed E-state index contributed by atoms with van der Waals surface area (Å²) in [5.41, 5.74) is 4.57. The molecule has 0 aliphatic carbocycles. The summed E-state index contributed by atoms with van der Waals surface area (Å²) in [5.74, 6) is 0.479. The van der Waals surface area contributed by atoms with Gasteiger partial charge < -0.3 is 9.47 Å². The molecule has 0 fully saturated rings. The molecule has 3 rings (SSSR count). The Morgan fingerprint density at radius 1 is 0.931 bits per heavy atom. The molecule has 0 unspecified atom stereocenters. The lowest BCUT2D eigenvalue weighted by Gasteiger charge is -2.08. The molecule has 0 saturated carbocycles. The molecule has 0 aliphatic rings. The van der Waals surface area contributed by atoms with E-state index in [9.17, 15) is 9.18 Å². The van der Waals surface area contributed by atoms with Crippen molar-refractivity contribution in [1.29, 1.82) is 0 Å². The van der Waals surface area contributed by atoms with Crippen LogP contribution in [0.5, 0.6) is 11.5 Å². The Hall–Kier alpha value is -3.67. The fourth-order valence-electron chi connectivity index (χ4n) is 2.48. The molecule has 5 nitrogen and oxygen atoms in total. The van der Waals surface area contributed by atoms with E-state index >= 15 is 0 Å². The Labute approximate surface area is 168 Å². The molecule has 1 amide bonds. The van der Waals surface area contributed by atoms with Gasteiger partial charge in [0.1, 0.15) is 23.9 Å². The van der Waals surface area contributed by atoms with Crippen LogP contribution in [0.1, 0.15) is 18.1 Å². The van der Waals surface area contributed by atoms with Crippen molar-refractivity contribution in [1.82, 2.24) is 5.43 Å². The number of carbonyl (C=O) groups excluding carboxylic acids is 1. The standard InChI is InChI=1S/C23H21FN2O3/c1-17(19-8-5-9-20(24)14-19)25-26-23(27)16-29-22-12-10-21(11-13-22)28-15-18-6-3-2-4-7-18/h2-14H,15-16H2,1H3,(H,26,27)/b25-17+. The number of hydrogen-bond acceptors (Lipinski definition) is 4. The Bertz CT molecular complexity index is 973. The van der Waals surface area contributed by atoms with Gasteiger partial charge in [0, 0.05) is 5.56 Å². The molecule has 0 saturated heterocycles. The van der Waals surface area contributed by atoms with Crippen LogP contribution < -0.4 is 14.9 Å². The lowest BCUT2D eigenvalue weighted by Crippen LogP contribution is -2.25. The third-order valence-electron chi connectivity index (χ3n) is 4.03. The van der Waals surface area contributed by atoms with Gasteiger partial charge in [-0.1, -0.05) is 42.5 Å². The summed E-state index contributed by atoms with van der Waals surface area (Å²) >= 11 is 0. The normalized spacial score (nSPS) is 11.0. The van der Waals surface area contributed by atoms with Crippen molar-refractivity contribution in [3.8, 4) is 11.5 Å². The van der Waals surface area contributed by atoms with Gasteiger partial charge in [0.05, 0.1) is 5.71 Å².